The topological polar surface area (TPSA) is 55.8 Å². The molecule has 0 aliphatic heterocycles. The van der Waals surface area contributed by atoms with Gasteiger partial charge in [-0.25, -0.2) is 4.79 Å². The Labute approximate surface area is 127 Å². The zero-order valence-corrected chi connectivity index (χ0v) is 13.1. The van der Waals surface area contributed by atoms with E-state index in [4.69, 9.17) is 14.6 Å². The number of carbonyl (C=O) groups is 1. The molecule has 1 aliphatic carbocycles. The van der Waals surface area contributed by atoms with Crippen LogP contribution in [-0.4, -0.2) is 24.3 Å². The zero-order valence-electron chi connectivity index (χ0n) is 11.5. The van der Waals surface area contributed by atoms with Crippen molar-refractivity contribution in [3.8, 4) is 11.5 Å². The van der Waals surface area contributed by atoms with Crippen LogP contribution in [0.3, 0.4) is 0 Å². The monoisotopic (exact) mass is 342 g/mol. The van der Waals surface area contributed by atoms with E-state index in [1.165, 1.54) is 38.9 Å². The summed E-state index contributed by atoms with van der Waals surface area (Å²) in [5, 5.41) is 9.06. The van der Waals surface area contributed by atoms with E-state index in [0.717, 1.165) is 12.8 Å². The molecule has 20 heavy (non-hydrogen) atoms. The maximum Gasteiger partial charge on any atom is 0.335 e. The summed E-state index contributed by atoms with van der Waals surface area (Å²) in [7, 11) is 1.52. The van der Waals surface area contributed by atoms with Crippen LogP contribution in [0.15, 0.2) is 16.6 Å². The maximum atomic E-state index is 11.1. The summed E-state index contributed by atoms with van der Waals surface area (Å²) in [6.45, 7) is 0. The zero-order chi connectivity index (χ0) is 14.5. The normalized spacial score (nSPS) is 16.5. The number of carboxylic acid groups (broad SMARTS) is 1. The molecule has 1 aromatic carbocycles. The lowest BCUT2D eigenvalue weighted by Gasteiger charge is -2.20. The van der Waals surface area contributed by atoms with Crippen molar-refractivity contribution in [1.82, 2.24) is 0 Å². The molecule has 0 bridgehead atoms. The molecule has 2 rings (SSSR count). The number of benzene rings is 1. The molecule has 0 aromatic heterocycles. The van der Waals surface area contributed by atoms with Gasteiger partial charge in [-0.3, -0.25) is 0 Å². The molecule has 0 amide bonds. The van der Waals surface area contributed by atoms with Gasteiger partial charge in [-0.2, -0.15) is 0 Å². The fraction of sp³-hybridized carbons (Fsp3) is 0.533. The predicted molar refractivity (Wildman–Crippen MR) is 79.8 cm³/mol. The Morgan fingerprint density at radius 2 is 1.90 bits per heavy atom. The molecule has 1 aliphatic rings. The summed E-state index contributed by atoms with van der Waals surface area (Å²) < 4.78 is 12.0. The maximum absolute atomic E-state index is 11.1. The summed E-state index contributed by atoms with van der Waals surface area (Å²) in [5.74, 6) is 0.0791. The van der Waals surface area contributed by atoms with Crippen molar-refractivity contribution < 1.29 is 19.4 Å². The molecule has 110 valence electrons. The van der Waals surface area contributed by atoms with Crippen LogP contribution in [0.2, 0.25) is 0 Å². The molecule has 0 spiro atoms. The first-order valence-corrected chi connectivity index (χ1v) is 7.68. The molecule has 1 aromatic rings. The quantitative estimate of drug-likeness (QED) is 0.830. The van der Waals surface area contributed by atoms with E-state index in [1.807, 2.05) is 0 Å². The van der Waals surface area contributed by atoms with E-state index in [2.05, 4.69) is 15.9 Å². The van der Waals surface area contributed by atoms with Crippen molar-refractivity contribution in [1.29, 1.82) is 0 Å². The highest BCUT2D eigenvalue weighted by molar-refractivity contribution is 9.10. The predicted octanol–water partition coefficient (Wildman–Crippen LogP) is 4.26. The molecular formula is C15H19BrO4. The van der Waals surface area contributed by atoms with Crippen molar-refractivity contribution in [2.45, 2.75) is 44.6 Å². The van der Waals surface area contributed by atoms with Gasteiger partial charge in [0.25, 0.3) is 0 Å². The molecule has 1 N–H and O–H groups in total. The number of ether oxygens (including phenoxy) is 2. The van der Waals surface area contributed by atoms with Gasteiger partial charge in [0, 0.05) is 0 Å². The molecule has 0 saturated heterocycles. The first-order valence-electron chi connectivity index (χ1n) is 6.89. The molecule has 0 atom stereocenters. The van der Waals surface area contributed by atoms with Crippen LogP contribution in [0.1, 0.15) is 48.9 Å². The number of hydrogen-bond acceptors (Lipinski definition) is 3. The van der Waals surface area contributed by atoms with Crippen LogP contribution < -0.4 is 9.47 Å². The minimum Gasteiger partial charge on any atom is -0.493 e. The summed E-state index contributed by atoms with van der Waals surface area (Å²) >= 11 is 3.39. The van der Waals surface area contributed by atoms with Crippen LogP contribution in [0.4, 0.5) is 0 Å². The Kier molecular flexibility index (Phi) is 5.29. The van der Waals surface area contributed by atoms with Crippen LogP contribution >= 0.6 is 15.9 Å². The Morgan fingerprint density at radius 1 is 1.25 bits per heavy atom. The molecular weight excluding hydrogens is 324 g/mol. The standard InChI is InChI=1S/C15H19BrO4/c1-19-13-9-10(15(17)18)8-12(16)14(13)20-11-6-4-2-3-5-7-11/h8-9,11H,2-7H2,1H3,(H,17,18). The summed E-state index contributed by atoms with van der Waals surface area (Å²) in [6.07, 6.45) is 7.13. The van der Waals surface area contributed by atoms with Crippen LogP contribution in [0.25, 0.3) is 0 Å². The first-order chi connectivity index (χ1) is 9.61. The van der Waals surface area contributed by atoms with E-state index in [-0.39, 0.29) is 11.7 Å². The summed E-state index contributed by atoms with van der Waals surface area (Å²) in [4.78, 5) is 11.1. The van der Waals surface area contributed by atoms with Crippen molar-refractivity contribution in [3.63, 3.8) is 0 Å². The average Bonchev–Trinajstić information content (AvgIpc) is 2.69. The van der Waals surface area contributed by atoms with Crippen molar-refractivity contribution in [3.05, 3.63) is 22.2 Å². The van der Waals surface area contributed by atoms with E-state index in [1.54, 1.807) is 6.07 Å². The third-order valence-corrected chi connectivity index (χ3v) is 4.15. The molecule has 1 saturated carbocycles. The third-order valence-electron chi connectivity index (χ3n) is 3.56. The second-order valence-corrected chi connectivity index (χ2v) is 5.88. The lowest BCUT2D eigenvalue weighted by Crippen LogP contribution is -2.16. The first kappa shape index (κ1) is 15.2. The number of methoxy groups -OCH3 is 1. The molecule has 0 radical (unpaired) electrons. The van der Waals surface area contributed by atoms with Gasteiger partial charge in [0.2, 0.25) is 0 Å². The summed E-state index contributed by atoms with van der Waals surface area (Å²) in [6, 6.07) is 3.05. The number of aromatic carboxylic acids is 1. The van der Waals surface area contributed by atoms with E-state index in [9.17, 15) is 4.79 Å². The van der Waals surface area contributed by atoms with Crippen molar-refractivity contribution >= 4 is 21.9 Å². The molecule has 5 heteroatoms. The SMILES string of the molecule is COc1cc(C(=O)O)cc(Br)c1OC1CCCCCC1. The molecule has 0 heterocycles. The van der Waals surface area contributed by atoms with Gasteiger partial charge in [-0.15, -0.1) is 0 Å². The largest absolute Gasteiger partial charge is 0.493 e. The van der Waals surface area contributed by atoms with Crippen LogP contribution in [0.5, 0.6) is 11.5 Å². The van der Waals surface area contributed by atoms with Crippen LogP contribution in [0, 0.1) is 0 Å². The number of carboxylic acids is 1. The average molecular weight is 343 g/mol. The van der Waals surface area contributed by atoms with Gasteiger partial charge in [0.05, 0.1) is 23.2 Å². The van der Waals surface area contributed by atoms with Gasteiger partial charge >= 0.3 is 5.97 Å². The highest BCUT2D eigenvalue weighted by atomic mass is 79.9. The highest BCUT2D eigenvalue weighted by Gasteiger charge is 2.20. The summed E-state index contributed by atoms with van der Waals surface area (Å²) in [5.41, 5.74) is 0.182. The Morgan fingerprint density at radius 3 is 2.45 bits per heavy atom. The Bertz CT molecular complexity index is 479. The van der Waals surface area contributed by atoms with Crippen LogP contribution in [-0.2, 0) is 0 Å². The van der Waals surface area contributed by atoms with E-state index in [0.29, 0.717) is 16.0 Å². The Hall–Kier alpha value is -1.23. The molecule has 1 fully saturated rings. The molecule has 4 nitrogen and oxygen atoms in total. The second kappa shape index (κ2) is 6.97. The van der Waals surface area contributed by atoms with Crippen molar-refractivity contribution in [2.75, 3.05) is 7.11 Å². The lowest BCUT2D eigenvalue weighted by atomic mass is 10.1. The Balaban J connectivity index is 2.23. The van der Waals surface area contributed by atoms with E-state index < -0.39 is 5.97 Å². The van der Waals surface area contributed by atoms with Gasteiger partial charge in [0.15, 0.2) is 11.5 Å². The van der Waals surface area contributed by atoms with Gasteiger partial charge < -0.3 is 14.6 Å². The molecule has 0 unspecified atom stereocenters. The fourth-order valence-electron chi connectivity index (χ4n) is 2.48. The van der Waals surface area contributed by atoms with Gasteiger partial charge in [-0.1, -0.05) is 12.8 Å². The smallest absolute Gasteiger partial charge is 0.335 e. The minimum absolute atomic E-state index is 0.179. The minimum atomic E-state index is -0.981. The fourth-order valence-corrected chi connectivity index (χ4v) is 3.02. The highest BCUT2D eigenvalue weighted by Crippen LogP contribution is 2.38. The number of hydrogen-bond donors (Lipinski definition) is 1. The van der Waals surface area contributed by atoms with Crippen molar-refractivity contribution in [2.24, 2.45) is 0 Å². The van der Waals surface area contributed by atoms with Gasteiger partial charge in [-0.05, 0) is 53.7 Å². The van der Waals surface area contributed by atoms with Gasteiger partial charge in [0.1, 0.15) is 0 Å². The second-order valence-electron chi connectivity index (χ2n) is 5.03. The van der Waals surface area contributed by atoms with E-state index >= 15 is 0 Å². The number of rotatable bonds is 4. The number of halogens is 1. The lowest BCUT2D eigenvalue weighted by molar-refractivity contribution is 0.0696. The third kappa shape index (κ3) is 3.66.